The Morgan fingerprint density at radius 1 is 1.21 bits per heavy atom. The topological polar surface area (TPSA) is 100 Å². The molecule has 0 unspecified atom stereocenters. The summed E-state index contributed by atoms with van der Waals surface area (Å²) in [6.45, 7) is 1.42. The van der Waals surface area contributed by atoms with E-state index in [0.29, 0.717) is 12.1 Å². The number of H-pyrrole nitrogens is 1. The first-order chi connectivity index (χ1) is 13.4. The lowest BCUT2D eigenvalue weighted by Crippen LogP contribution is -2.09. The number of rotatable bonds is 8. The third-order valence-electron chi connectivity index (χ3n) is 5.01. The van der Waals surface area contributed by atoms with Crippen LogP contribution in [0.1, 0.15) is 76.8 Å². The van der Waals surface area contributed by atoms with Crippen LogP contribution < -0.4 is 0 Å². The predicted octanol–water partition coefficient (Wildman–Crippen LogP) is 4.01. The zero-order chi connectivity index (χ0) is 20.1. The first kappa shape index (κ1) is 19.7. The number of nitrogens with one attached hydrogen (secondary N) is 1. The van der Waals surface area contributed by atoms with Gasteiger partial charge in [-0.15, -0.1) is 0 Å². The van der Waals surface area contributed by atoms with Gasteiger partial charge in [-0.1, -0.05) is 24.3 Å². The van der Waals surface area contributed by atoms with Gasteiger partial charge in [-0.3, -0.25) is 14.4 Å². The van der Waals surface area contributed by atoms with Crippen LogP contribution in [0.15, 0.2) is 30.5 Å². The fourth-order valence-corrected chi connectivity index (χ4v) is 3.46. The van der Waals surface area contributed by atoms with Crippen LogP contribution in [0.25, 0.3) is 5.57 Å². The number of hydrogen-bond acceptors (Lipinski definition) is 4. The quantitative estimate of drug-likeness (QED) is 0.674. The van der Waals surface area contributed by atoms with Gasteiger partial charge < -0.3 is 10.1 Å². The van der Waals surface area contributed by atoms with E-state index < -0.39 is 5.97 Å². The molecule has 0 spiro atoms. The Morgan fingerprint density at radius 3 is 2.68 bits per heavy atom. The van der Waals surface area contributed by atoms with Gasteiger partial charge in [-0.25, -0.2) is 4.98 Å². The number of Topliss-reactive ketones (excluding diaryl/α,β-unsaturated/α-hetero) is 2. The van der Waals surface area contributed by atoms with E-state index in [1.807, 2.05) is 18.2 Å². The largest absolute Gasteiger partial charge is 0.481 e. The molecule has 0 saturated carbocycles. The summed E-state index contributed by atoms with van der Waals surface area (Å²) in [5, 5.41) is 8.94. The summed E-state index contributed by atoms with van der Waals surface area (Å²) in [7, 11) is 0. The van der Waals surface area contributed by atoms with Gasteiger partial charge in [0, 0.05) is 19.8 Å². The summed E-state index contributed by atoms with van der Waals surface area (Å²) < 4.78 is 0. The first-order valence-corrected chi connectivity index (χ1v) is 9.56. The third kappa shape index (κ3) is 4.82. The monoisotopic (exact) mass is 380 g/mol. The number of carbonyl (C=O) groups excluding carboxylic acids is 2. The van der Waals surface area contributed by atoms with E-state index >= 15 is 0 Å². The highest BCUT2D eigenvalue weighted by atomic mass is 16.4. The molecule has 3 rings (SSSR count). The molecule has 1 aliphatic carbocycles. The number of carboxylic acid groups (broad SMARTS) is 1. The van der Waals surface area contributed by atoms with Gasteiger partial charge in [0.1, 0.15) is 5.69 Å². The molecule has 2 N–H and O–H groups in total. The molecule has 0 aliphatic heterocycles. The number of nitrogens with zero attached hydrogens (tertiary/aromatic N) is 1. The van der Waals surface area contributed by atoms with Gasteiger partial charge in [-0.05, 0) is 54.4 Å². The van der Waals surface area contributed by atoms with E-state index in [-0.39, 0.29) is 30.2 Å². The Labute approximate surface area is 163 Å². The number of carboxylic acids is 1. The second-order valence-electron chi connectivity index (χ2n) is 7.16. The zero-order valence-corrected chi connectivity index (χ0v) is 16.0. The number of ketones is 2. The van der Waals surface area contributed by atoms with Crippen molar-refractivity contribution < 1.29 is 19.5 Å². The molecule has 6 nitrogen and oxygen atoms in total. The number of carbonyl (C=O) groups is 3. The minimum absolute atomic E-state index is 0.0803. The van der Waals surface area contributed by atoms with Gasteiger partial charge in [0.15, 0.2) is 11.6 Å². The summed E-state index contributed by atoms with van der Waals surface area (Å²) >= 11 is 0. The minimum Gasteiger partial charge on any atom is -0.481 e. The maximum absolute atomic E-state index is 12.7. The van der Waals surface area contributed by atoms with E-state index in [1.54, 1.807) is 0 Å². The highest BCUT2D eigenvalue weighted by molar-refractivity contribution is 5.98. The average molecular weight is 380 g/mol. The number of imidazole rings is 1. The van der Waals surface area contributed by atoms with Crippen LogP contribution in [-0.2, 0) is 17.6 Å². The van der Waals surface area contributed by atoms with Crippen LogP contribution in [0.5, 0.6) is 0 Å². The van der Waals surface area contributed by atoms with Crippen molar-refractivity contribution in [2.24, 2.45) is 0 Å². The Morgan fingerprint density at radius 2 is 2.04 bits per heavy atom. The number of aryl methyl sites for hydroxylation is 1. The van der Waals surface area contributed by atoms with E-state index in [1.165, 1.54) is 18.7 Å². The van der Waals surface area contributed by atoms with Crippen molar-refractivity contribution in [1.29, 1.82) is 0 Å². The van der Waals surface area contributed by atoms with Crippen LogP contribution in [0, 0.1) is 0 Å². The smallest absolute Gasteiger partial charge is 0.303 e. The summed E-state index contributed by atoms with van der Waals surface area (Å²) in [6, 6.07) is 5.82. The zero-order valence-electron chi connectivity index (χ0n) is 16.0. The van der Waals surface area contributed by atoms with Crippen molar-refractivity contribution in [2.45, 2.75) is 51.9 Å². The Bertz CT molecular complexity index is 940. The fourth-order valence-electron chi connectivity index (χ4n) is 3.46. The molecular weight excluding hydrogens is 356 g/mol. The summed E-state index contributed by atoms with van der Waals surface area (Å²) in [4.78, 5) is 41.8. The van der Waals surface area contributed by atoms with E-state index in [4.69, 9.17) is 5.11 Å². The van der Waals surface area contributed by atoms with E-state index in [9.17, 15) is 14.4 Å². The number of aliphatic carboxylic acids is 1. The second-order valence-corrected chi connectivity index (χ2v) is 7.16. The number of aromatic amines is 1. The maximum Gasteiger partial charge on any atom is 0.303 e. The molecule has 28 heavy (non-hydrogen) atoms. The maximum atomic E-state index is 12.7. The normalized spacial score (nSPS) is 13.8. The molecule has 0 saturated heterocycles. The molecule has 1 heterocycles. The number of aromatic nitrogens is 2. The van der Waals surface area contributed by atoms with Gasteiger partial charge in [-0.2, -0.15) is 0 Å². The first-order valence-electron chi connectivity index (χ1n) is 9.56. The molecular formula is C22H24N2O4. The van der Waals surface area contributed by atoms with Crippen molar-refractivity contribution in [2.75, 3.05) is 0 Å². The molecule has 1 aromatic carbocycles. The van der Waals surface area contributed by atoms with Crippen LogP contribution >= 0.6 is 0 Å². The lowest BCUT2D eigenvalue weighted by atomic mass is 9.87. The second kappa shape index (κ2) is 8.78. The number of hydrogen-bond donors (Lipinski definition) is 2. The Balaban J connectivity index is 1.87. The SMILES string of the molecule is CC(=O)c1cnc(C(=O)Cc2ccc(CCC(=O)O)cc2C2=CCCCC2)[nH]1. The molecule has 6 heteroatoms. The molecule has 1 aromatic heterocycles. The lowest BCUT2D eigenvalue weighted by molar-refractivity contribution is -0.136. The van der Waals surface area contributed by atoms with Gasteiger partial charge in [0.25, 0.3) is 0 Å². The van der Waals surface area contributed by atoms with Crippen molar-refractivity contribution in [3.05, 3.63) is 58.7 Å². The fraction of sp³-hybridized carbons (Fsp3) is 0.364. The summed E-state index contributed by atoms with van der Waals surface area (Å²) in [5.41, 5.74) is 4.42. The van der Waals surface area contributed by atoms with Crippen molar-refractivity contribution in [3.8, 4) is 0 Å². The standard InChI is InChI=1S/C22H24N2O4/c1-14(25)19-13-23-22(24-19)20(26)12-17-9-7-15(8-10-21(27)28)11-18(17)16-5-3-2-4-6-16/h5,7,9,11,13H,2-4,6,8,10,12H2,1H3,(H,23,24)(H,27,28). The summed E-state index contributed by atoms with van der Waals surface area (Å²) in [6.07, 6.45) is 8.57. The Kier molecular flexibility index (Phi) is 6.19. The molecule has 2 aromatic rings. The molecule has 0 atom stereocenters. The molecule has 0 amide bonds. The van der Waals surface area contributed by atoms with Crippen molar-refractivity contribution in [1.82, 2.24) is 9.97 Å². The minimum atomic E-state index is -0.822. The molecule has 0 radical (unpaired) electrons. The highest BCUT2D eigenvalue weighted by Gasteiger charge is 2.18. The Hall–Kier alpha value is -3.02. The predicted molar refractivity (Wildman–Crippen MR) is 105 cm³/mol. The van der Waals surface area contributed by atoms with Crippen LogP contribution in [0.2, 0.25) is 0 Å². The molecule has 0 fully saturated rings. The summed E-state index contributed by atoms with van der Waals surface area (Å²) in [5.74, 6) is -0.980. The van der Waals surface area contributed by atoms with Gasteiger partial charge in [0.2, 0.25) is 5.78 Å². The molecule has 1 aliphatic rings. The lowest BCUT2D eigenvalue weighted by Gasteiger charge is -2.17. The van der Waals surface area contributed by atoms with Crippen LogP contribution in [0.4, 0.5) is 0 Å². The number of allylic oxidation sites excluding steroid dienone is 2. The highest BCUT2D eigenvalue weighted by Crippen LogP contribution is 2.30. The van der Waals surface area contributed by atoms with Crippen LogP contribution in [-0.4, -0.2) is 32.6 Å². The number of benzene rings is 1. The third-order valence-corrected chi connectivity index (χ3v) is 5.01. The van der Waals surface area contributed by atoms with E-state index in [0.717, 1.165) is 42.4 Å². The van der Waals surface area contributed by atoms with Gasteiger partial charge >= 0.3 is 5.97 Å². The van der Waals surface area contributed by atoms with Crippen LogP contribution in [0.3, 0.4) is 0 Å². The van der Waals surface area contributed by atoms with Gasteiger partial charge in [0.05, 0.1) is 6.20 Å². The van der Waals surface area contributed by atoms with Crippen molar-refractivity contribution >= 4 is 23.1 Å². The average Bonchev–Trinajstić information content (AvgIpc) is 3.18. The van der Waals surface area contributed by atoms with Crippen molar-refractivity contribution in [3.63, 3.8) is 0 Å². The molecule has 146 valence electrons. The molecule has 0 bridgehead atoms. The van der Waals surface area contributed by atoms with E-state index in [2.05, 4.69) is 16.0 Å².